The Bertz CT molecular complexity index is 208. The number of alkyl halides is 3. The molecule has 4 aliphatic rings. The molecule has 0 N–H and O–H groups in total. The van der Waals surface area contributed by atoms with Crippen LogP contribution in [0.25, 0.3) is 0 Å². The van der Waals surface area contributed by atoms with E-state index in [9.17, 15) is 0 Å². The average molecular weight is 514 g/mol. The van der Waals surface area contributed by atoms with E-state index >= 15 is 0 Å². The summed E-state index contributed by atoms with van der Waals surface area (Å²) in [7, 11) is 0. The van der Waals surface area contributed by atoms with Crippen LogP contribution >= 0.6 is 67.8 Å². The lowest BCUT2D eigenvalue weighted by Gasteiger charge is -2.58. The van der Waals surface area contributed by atoms with E-state index in [1.54, 1.807) is 19.3 Å². The van der Waals surface area contributed by atoms with Gasteiger partial charge in [0.15, 0.2) is 0 Å². The van der Waals surface area contributed by atoms with Gasteiger partial charge in [-0.3, -0.25) is 0 Å². The number of halogens is 3. The van der Waals surface area contributed by atoms with E-state index in [1.165, 1.54) is 0 Å². The molecule has 0 aliphatic heterocycles. The molecule has 0 spiro atoms. The number of hydrogen-bond donors (Lipinski definition) is 0. The maximum Gasteiger partial charge on any atom is 0.0186 e. The van der Waals surface area contributed by atoms with E-state index in [2.05, 4.69) is 67.8 Å². The first-order valence-corrected chi connectivity index (χ1v) is 8.84. The SMILES string of the molecule is IC1C2CC3CC1C(I)C(C2)C3I. The van der Waals surface area contributed by atoms with Crippen molar-refractivity contribution in [1.82, 2.24) is 0 Å². The molecule has 13 heavy (non-hydrogen) atoms. The Morgan fingerprint density at radius 3 is 1.54 bits per heavy atom. The van der Waals surface area contributed by atoms with Gasteiger partial charge in [-0.1, -0.05) is 67.8 Å². The van der Waals surface area contributed by atoms with Crippen LogP contribution in [0, 0.1) is 23.7 Å². The molecule has 6 atom stereocenters. The van der Waals surface area contributed by atoms with E-state index in [4.69, 9.17) is 0 Å². The van der Waals surface area contributed by atoms with Gasteiger partial charge in [0.25, 0.3) is 0 Å². The van der Waals surface area contributed by atoms with Gasteiger partial charge in [-0.05, 0) is 42.9 Å². The molecule has 0 aromatic rings. The Balaban J connectivity index is 1.95. The fraction of sp³-hybridized carbons (Fsp3) is 1.00. The Kier molecular flexibility index (Phi) is 2.87. The van der Waals surface area contributed by atoms with Crippen LogP contribution in [0.1, 0.15) is 19.3 Å². The van der Waals surface area contributed by atoms with Crippen LogP contribution in [-0.4, -0.2) is 11.8 Å². The predicted molar refractivity (Wildman–Crippen MR) is 81.2 cm³/mol. The van der Waals surface area contributed by atoms with E-state index in [1.807, 2.05) is 0 Å². The molecular weight excluding hydrogens is 501 g/mol. The molecule has 74 valence electrons. The lowest BCUT2D eigenvalue weighted by molar-refractivity contribution is 0.0566. The molecule has 0 aromatic carbocycles. The van der Waals surface area contributed by atoms with Crippen molar-refractivity contribution in [2.24, 2.45) is 23.7 Å². The van der Waals surface area contributed by atoms with Gasteiger partial charge in [0.05, 0.1) is 0 Å². The highest BCUT2D eigenvalue weighted by Crippen LogP contribution is 2.60. The first-order valence-electron chi connectivity index (χ1n) is 5.10. The summed E-state index contributed by atoms with van der Waals surface area (Å²) < 4.78 is 3.01. The van der Waals surface area contributed by atoms with Gasteiger partial charge in [0, 0.05) is 11.8 Å². The highest BCUT2D eigenvalue weighted by Gasteiger charge is 2.55. The second-order valence-corrected chi connectivity index (χ2v) is 9.20. The molecule has 3 heteroatoms. The van der Waals surface area contributed by atoms with Crippen LogP contribution in [0.5, 0.6) is 0 Å². The molecule has 0 aromatic heterocycles. The monoisotopic (exact) mass is 514 g/mol. The zero-order valence-electron chi connectivity index (χ0n) is 7.30. The third kappa shape index (κ3) is 1.45. The Morgan fingerprint density at radius 1 is 0.615 bits per heavy atom. The summed E-state index contributed by atoms with van der Waals surface area (Å²) in [5.41, 5.74) is 0. The lowest BCUT2D eigenvalue weighted by Crippen LogP contribution is -2.56. The van der Waals surface area contributed by atoms with Crippen LogP contribution in [0.4, 0.5) is 0 Å². The normalized spacial score (nSPS) is 64.4. The van der Waals surface area contributed by atoms with Gasteiger partial charge in [-0.25, -0.2) is 0 Å². The quantitative estimate of drug-likeness (QED) is 0.338. The molecule has 4 bridgehead atoms. The van der Waals surface area contributed by atoms with E-state index in [0.29, 0.717) is 0 Å². The molecule has 0 radical (unpaired) electrons. The fourth-order valence-electron chi connectivity index (χ4n) is 3.69. The molecule has 4 aliphatic carbocycles. The van der Waals surface area contributed by atoms with Gasteiger partial charge >= 0.3 is 0 Å². The van der Waals surface area contributed by atoms with Crippen molar-refractivity contribution in [1.29, 1.82) is 0 Å². The third-order valence-electron chi connectivity index (χ3n) is 4.29. The van der Waals surface area contributed by atoms with Crippen molar-refractivity contribution < 1.29 is 0 Å². The Morgan fingerprint density at radius 2 is 1.08 bits per heavy atom. The summed E-state index contributed by atoms with van der Waals surface area (Å²) >= 11 is 8.23. The van der Waals surface area contributed by atoms with Gasteiger partial charge in [-0.2, -0.15) is 0 Å². The van der Waals surface area contributed by atoms with Crippen molar-refractivity contribution in [3.05, 3.63) is 0 Å². The molecule has 6 unspecified atom stereocenters. The summed E-state index contributed by atoms with van der Waals surface area (Å²) in [4.78, 5) is 0. The zero-order chi connectivity index (χ0) is 9.16. The molecule has 0 amide bonds. The zero-order valence-corrected chi connectivity index (χ0v) is 13.8. The molecule has 4 saturated carbocycles. The van der Waals surface area contributed by atoms with E-state index < -0.39 is 0 Å². The first-order chi connectivity index (χ1) is 6.18. The molecule has 4 fully saturated rings. The smallest absolute Gasteiger partial charge is 0.0186 e. The predicted octanol–water partition coefficient (Wildman–Crippen LogP) is 4.07. The topological polar surface area (TPSA) is 0 Å². The minimum Gasteiger partial charge on any atom is -0.0820 e. The lowest BCUT2D eigenvalue weighted by atomic mass is 9.56. The summed E-state index contributed by atoms with van der Waals surface area (Å²) in [6, 6.07) is 0. The minimum atomic E-state index is 0.995. The fourth-order valence-corrected chi connectivity index (χ4v) is 9.42. The van der Waals surface area contributed by atoms with Crippen molar-refractivity contribution in [2.75, 3.05) is 0 Å². The van der Waals surface area contributed by atoms with Crippen molar-refractivity contribution in [3.8, 4) is 0 Å². The molecule has 4 rings (SSSR count). The molecule has 0 nitrogen and oxygen atoms in total. The standard InChI is InChI=1S/C10H13I3/c11-8-4-1-5-3-7(8)10(13)6(2-4)9(5)12/h4-10H,1-3H2. The summed E-state index contributed by atoms with van der Waals surface area (Å²) in [6.07, 6.45) is 4.64. The second kappa shape index (κ2) is 3.60. The van der Waals surface area contributed by atoms with Gasteiger partial charge in [-0.15, -0.1) is 0 Å². The second-order valence-electron chi connectivity index (χ2n) is 4.89. The average Bonchev–Trinajstić information content (AvgIpc) is 2.10. The third-order valence-corrected chi connectivity index (χ3v) is 10.0. The van der Waals surface area contributed by atoms with Crippen LogP contribution in [0.3, 0.4) is 0 Å². The highest BCUT2D eigenvalue weighted by molar-refractivity contribution is 14.1. The number of hydrogen-bond acceptors (Lipinski definition) is 0. The highest BCUT2D eigenvalue weighted by atomic mass is 127. The van der Waals surface area contributed by atoms with Gasteiger partial charge in [0.1, 0.15) is 0 Å². The van der Waals surface area contributed by atoms with Crippen molar-refractivity contribution in [3.63, 3.8) is 0 Å². The summed E-state index contributed by atoms with van der Waals surface area (Å²) in [5, 5.41) is 0. The van der Waals surface area contributed by atoms with Crippen molar-refractivity contribution >= 4 is 67.8 Å². The molecule has 0 saturated heterocycles. The van der Waals surface area contributed by atoms with Crippen LogP contribution in [0.15, 0.2) is 0 Å². The van der Waals surface area contributed by atoms with Crippen molar-refractivity contribution in [2.45, 2.75) is 31.0 Å². The van der Waals surface area contributed by atoms with Gasteiger partial charge in [0.2, 0.25) is 0 Å². The number of rotatable bonds is 0. The van der Waals surface area contributed by atoms with E-state index in [0.717, 1.165) is 35.4 Å². The molecular formula is C10H13I3. The van der Waals surface area contributed by atoms with Crippen LogP contribution in [0.2, 0.25) is 0 Å². The molecule has 0 heterocycles. The van der Waals surface area contributed by atoms with E-state index in [-0.39, 0.29) is 0 Å². The first kappa shape index (κ1) is 10.4. The Hall–Kier alpha value is 2.19. The van der Waals surface area contributed by atoms with Gasteiger partial charge < -0.3 is 0 Å². The van der Waals surface area contributed by atoms with Crippen LogP contribution < -0.4 is 0 Å². The summed E-state index contributed by atoms with van der Waals surface area (Å²) in [5.74, 6) is 4.31. The summed E-state index contributed by atoms with van der Waals surface area (Å²) in [6.45, 7) is 0. The maximum absolute atomic E-state index is 2.75. The maximum atomic E-state index is 2.75. The minimum absolute atomic E-state index is 0.995. The van der Waals surface area contributed by atoms with Crippen LogP contribution in [-0.2, 0) is 0 Å². The Labute approximate surface area is 121 Å². The largest absolute Gasteiger partial charge is 0.0820 e.